The Balaban J connectivity index is 2.05. The van der Waals surface area contributed by atoms with Crippen molar-refractivity contribution < 1.29 is 0 Å². The van der Waals surface area contributed by atoms with Crippen LogP contribution in [0.5, 0.6) is 0 Å². The minimum atomic E-state index is -0.665. The van der Waals surface area contributed by atoms with Gasteiger partial charge in [0, 0.05) is 12.1 Å². The molecule has 3 heteroatoms. The molecule has 1 aliphatic rings. The van der Waals surface area contributed by atoms with E-state index in [9.17, 15) is 10.5 Å². The summed E-state index contributed by atoms with van der Waals surface area (Å²) in [4.78, 5) is 2.05. The maximum atomic E-state index is 10.0. The highest BCUT2D eigenvalue weighted by atomic mass is 15.2. The first kappa shape index (κ1) is 15.1. The van der Waals surface area contributed by atoms with Crippen molar-refractivity contribution in [2.75, 3.05) is 4.90 Å². The predicted molar refractivity (Wildman–Crippen MR) is 90.7 cm³/mol. The molecule has 0 radical (unpaired) electrons. The Kier molecular flexibility index (Phi) is 4.31. The molecule has 23 heavy (non-hydrogen) atoms. The number of nitrogens with zero attached hydrogens (tertiary/aromatic N) is 3. The van der Waals surface area contributed by atoms with E-state index < -0.39 is 5.54 Å². The minimum absolute atomic E-state index is 0.255. The quantitative estimate of drug-likeness (QED) is 0.858. The van der Waals surface area contributed by atoms with Crippen molar-refractivity contribution in [1.29, 1.82) is 10.5 Å². The fourth-order valence-electron chi connectivity index (χ4n) is 3.53. The van der Waals surface area contributed by atoms with Gasteiger partial charge in [0.05, 0.1) is 12.1 Å². The molecular weight excluding hydrogens is 282 g/mol. The second kappa shape index (κ2) is 6.55. The summed E-state index contributed by atoms with van der Waals surface area (Å²) in [5.41, 5.74) is 1.42. The lowest BCUT2D eigenvalue weighted by atomic mass is 9.79. The maximum Gasteiger partial charge on any atom is 0.132 e. The molecular formula is C20H19N3. The number of hydrogen-bond donors (Lipinski definition) is 0. The van der Waals surface area contributed by atoms with Crippen LogP contribution in [0, 0.1) is 22.7 Å². The second-order valence-corrected chi connectivity index (χ2v) is 6.05. The molecule has 2 atom stereocenters. The van der Waals surface area contributed by atoms with Gasteiger partial charge in [0.15, 0.2) is 0 Å². The lowest BCUT2D eigenvalue weighted by molar-refractivity contribution is 0.348. The summed E-state index contributed by atoms with van der Waals surface area (Å²) in [6.07, 6.45) is 3.13. The van der Waals surface area contributed by atoms with Crippen LogP contribution in [0.2, 0.25) is 0 Å². The molecule has 0 spiro atoms. The molecule has 0 saturated carbocycles. The third kappa shape index (κ3) is 2.91. The zero-order valence-corrected chi connectivity index (χ0v) is 13.0. The van der Waals surface area contributed by atoms with E-state index in [4.69, 9.17) is 0 Å². The van der Waals surface area contributed by atoms with Crippen LogP contribution in [0.1, 0.15) is 24.8 Å². The van der Waals surface area contributed by atoms with E-state index in [0.29, 0.717) is 6.42 Å². The molecule has 114 valence electrons. The molecule has 2 unspecified atom stereocenters. The van der Waals surface area contributed by atoms with E-state index in [-0.39, 0.29) is 6.04 Å². The summed E-state index contributed by atoms with van der Waals surface area (Å²) < 4.78 is 0. The first-order chi connectivity index (χ1) is 11.3. The Labute approximate surface area is 137 Å². The number of benzene rings is 2. The topological polar surface area (TPSA) is 50.8 Å². The normalized spacial score (nSPS) is 23.7. The number of rotatable bonds is 3. The molecule has 3 rings (SSSR count). The van der Waals surface area contributed by atoms with E-state index >= 15 is 0 Å². The number of hydrogen-bond acceptors (Lipinski definition) is 3. The summed E-state index contributed by atoms with van der Waals surface area (Å²) in [6.45, 7) is 0. The molecule has 1 heterocycles. The Bertz CT molecular complexity index is 727. The largest absolute Gasteiger partial charge is 0.337 e. The Hall–Kier alpha value is -2.78. The summed E-state index contributed by atoms with van der Waals surface area (Å²) in [6, 6.07) is 24.7. The van der Waals surface area contributed by atoms with Gasteiger partial charge in [0.1, 0.15) is 11.6 Å². The highest BCUT2D eigenvalue weighted by Gasteiger charge is 2.44. The molecule has 2 aromatic rings. The monoisotopic (exact) mass is 301 g/mol. The van der Waals surface area contributed by atoms with Crippen molar-refractivity contribution >= 4 is 5.69 Å². The van der Waals surface area contributed by atoms with Gasteiger partial charge in [-0.3, -0.25) is 0 Å². The van der Waals surface area contributed by atoms with Crippen LogP contribution in [-0.2, 0) is 6.42 Å². The van der Waals surface area contributed by atoms with Gasteiger partial charge in [-0.05, 0) is 37.0 Å². The zero-order chi connectivity index (χ0) is 16.1. The standard InChI is InChI=1S/C20H19N3/c21-15-19-12-7-13-20(16-22,14-17-8-3-1-4-9-17)23(19)18-10-5-2-6-11-18/h1-6,8-11,19H,7,12-14H2. The number of piperidine rings is 1. The van der Waals surface area contributed by atoms with E-state index in [1.54, 1.807) is 0 Å². The Morgan fingerprint density at radius 1 is 1.00 bits per heavy atom. The van der Waals surface area contributed by atoms with Gasteiger partial charge in [0.25, 0.3) is 0 Å². The van der Waals surface area contributed by atoms with Gasteiger partial charge in [-0.25, -0.2) is 0 Å². The molecule has 0 amide bonds. The predicted octanol–water partition coefficient (Wildman–Crippen LogP) is 4.07. The molecule has 2 aromatic carbocycles. The van der Waals surface area contributed by atoms with E-state index in [0.717, 1.165) is 30.5 Å². The summed E-state index contributed by atoms with van der Waals surface area (Å²) >= 11 is 0. The van der Waals surface area contributed by atoms with Crippen molar-refractivity contribution in [2.45, 2.75) is 37.3 Å². The molecule has 0 aliphatic carbocycles. The third-order valence-corrected chi connectivity index (χ3v) is 4.57. The zero-order valence-electron chi connectivity index (χ0n) is 13.0. The first-order valence-corrected chi connectivity index (χ1v) is 7.98. The summed E-state index contributed by atoms with van der Waals surface area (Å²) in [5.74, 6) is 0. The molecule has 0 aromatic heterocycles. The fraction of sp³-hybridized carbons (Fsp3) is 0.300. The van der Waals surface area contributed by atoms with Crippen molar-refractivity contribution in [3.05, 3.63) is 66.2 Å². The highest BCUT2D eigenvalue weighted by Crippen LogP contribution is 2.38. The van der Waals surface area contributed by atoms with Crippen molar-refractivity contribution in [3.8, 4) is 12.1 Å². The Morgan fingerprint density at radius 2 is 1.65 bits per heavy atom. The lowest BCUT2D eigenvalue weighted by Crippen LogP contribution is -2.57. The van der Waals surface area contributed by atoms with Gasteiger partial charge < -0.3 is 4.90 Å². The second-order valence-electron chi connectivity index (χ2n) is 6.05. The molecule has 3 nitrogen and oxygen atoms in total. The van der Waals surface area contributed by atoms with E-state index in [1.165, 1.54) is 0 Å². The van der Waals surface area contributed by atoms with Gasteiger partial charge >= 0.3 is 0 Å². The number of anilines is 1. The van der Waals surface area contributed by atoms with Crippen LogP contribution in [0.3, 0.4) is 0 Å². The molecule has 1 fully saturated rings. The fourth-order valence-corrected chi connectivity index (χ4v) is 3.53. The molecule has 0 bridgehead atoms. The minimum Gasteiger partial charge on any atom is -0.337 e. The van der Waals surface area contributed by atoms with Gasteiger partial charge in [0.2, 0.25) is 0 Å². The van der Waals surface area contributed by atoms with Crippen LogP contribution >= 0.6 is 0 Å². The van der Waals surface area contributed by atoms with Crippen LogP contribution in [-0.4, -0.2) is 11.6 Å². The average Bonchev–Trinajstić information content (AvgIpc) is 2.63. The Morgan fingerprint density at radius 3 is 2.26 bits per heavy atom. The highest BCUT2D eigenvalue weighted by molar-refractivity contribution is 5.55. The van der Waals surface area contributed by atoms with Gasteiger partial charge in [-0.15, -0.1) is 0 Å². The van der Waals surface area contributed by atoms with Gasteiger partial charge in [-0.1, -0.05) is 48.5 Å². The molecule has 1 aliphatic heterocycles. The lowest BCUT2D eigenvalue weighted by Gasteiger charge is -2.46. The number of nitriles is 2. The SMILES string of the molecule is N#CC1CCCC(C#N)(Cc2ccccc2)N1c1ccccc1. The van der Waals surface area contributed by atoms with Crippen molar-refractivity contribution in [2.24, 2.45) is 0 Å². The summed E-state index contributed by atoms with van der Waals surface area (Å²) in [7, 11) is 0. The first-order valence-electron chi connectivity index (χ1n) is 7.98. The molecule has 1 saturated heterocycles. The maximum absolute atomic E-state index is 10.0. The van der Waals surface area contributed by atoms with Crippen LogP contribution in [0.4, 0.5) is 5.69 Å². The smallest absolute Gasteiger partial charge is 0.132 e. The van der Waals surface area contributed by atoms with Crippen LogP contribution < -0.4 is 4.90 Å². The van der Waals surface area contributed by atoms with Crippen molar-refractivity contribution in [1.82, 2.24) is 0 Å². The number of para-hydroxylation sites is 1. The average molecular weight is 301 g/mol. The van der Waals surface area contributed by atoms with Crippen LogP contribution in [0.15, 0.2) is 60.7 Å². The van der Waals surface area contributed by atoms with E-state index in [2.05, 4.69) is 24.3 Å². The summed E-state index contributed by atoms with van der Waals surface area (Å²) in [5, 5.41) is 19.7. The molecule has 0 N–H and O–H groups in total. The van der Waals surface area contributed by atoms with E-state index in [1.807, 2.05) is 53.4 Å². The van der Waals surface area contributed by atoms with Gasteiger partial charge in [-0.2, -0.15) is 10.5 Å². The third-order valence-electron chi connectivity index (χ3n) is 4.57. The van der Waals surface area contributed by atoms with Crippen LogP contribution in [0.25, 0.3) is 0 Å². The van der Waals surface area contributed by atoms with Crippen molar-refractivity contribution in [3.63, 3.8) is 0 Å².